The van der Waals surface area contributed by atoms with Crippen molar-refractivity contribution in [2.24, 2.45) is 5.92 Å². The van der Waals surface area contributed by atoms with Gasteiger partial charge in [0.1, 0.15) is 5.54 Å². The summed E-state index contributed by atoms with van der Waals surface area (Å²) in [6.07, 6.45) is 4.67. The van der Waals surface area contributed by atoms with E-state index in [2.05, 4.69) is 19.2 Å². The Hall–Kier alpha value is -0.260. The lowest BCUT2D eigenvalue weighted by Crippen LogP contribution is -2.57. The molecule has 2 aliphatic rings. The average molecular weight is 315 g/mol. The first-order valence-electron chi connectivity index (χ1n) is 8.29. The van der Waals surface area contributed by atoms with Crippen LogP contribution in [-0.2, 0) is 14.3 Å². The Bertz CT molecular complexity index is 348. The summed E-state index contributed by atoms with van der Waals surface area (Å²) in [7, 11) is 0. The predicted molar refractivity (Wildman–Crippen MR) is 86.7 cm³/mol. The first-order valence-corrected chi connectivity index (χ1v) is 9.34. The van der Waals surface area contributed by atoms with Gasteiger partial charge in [-0.2, -0.15) is 11.8 Å². The molecule has 3 atom stereocenters. The molecule has 1 saturated carbocycles. The molecule has 0 spiro atoms. The van der Waals surface area contributed by atoms with E-state index >= 15 is 0 Å². The highest BCUT2D eigenvalue weighted by atomic mass is 32.2. The molecule has 0 amide bonds. The maximum Gasteiger partial charge on any atom is 0.327 e. The summed E-state index contributed by atoms with van der Waals surface area (Å²) in [5, 5.41) is 4.03. The molecule has 0 aromatic rings. The summed E-state index contributed by atoms with van der Waals surface area (Å²) < 4.78 is 11.0. The largest absolute Gasteiger partial charge is 0.465 e. The number of thioether (sulfide) groups is 1. The van der Waals surface area contributed by atoms with Gasteiger partial charge in [0.25, 0.3) is 0 Å². The summed E-state index contributed by atoms with van der Waals surface area (Å²) in [6, 6.07) is 0. The van der Waals surface area contributed by atoms with Crippen LogP contribution in [0.2, 0.25) is 0 Å². The van der Waals surface area contributed by atoms with Gasteiger partial charge in [0, 0.05) is 17.6 Å². The van der Waals surface area contributed by atoms with Gasteiger partial charge in [0.2, 0.25) is 0 Å². The summed E-state index contributed by atoms with van der Waals surface area (Å²) in [5.41, 5.74) is -0.487. The van der Waals surface area contributed by atoms with Gasteiger partial charge in [-0.25, -0.2) is 0 Å². The minimum atomic E-state index is -0.487. The highest BCUT2D eigenvalue weighted by Crippen LogP contribution is 2.43. The van der Waals surface area contributed by atoms with E-state index in [-0.39, 0.29) is 5.97 Å². The number of hydrogen-bond donors (Lipinski definition) is 1. The number of carbonyl (C=O) groups excluding carboxylic acids is 1. The Balaban J connectivity index is 2.03. The summed E-state index contributed by atoms with van der Waals surface area (Å²) in [4.78, 5) is 12.6. The fraction of sp³-hybridized carbons (Fsp3) is 0.938. The molecule has 3 unspecified atom stereocenters. The van der Waals surface area contributed by atoms with Crippen LogP contribution >= 0.6 is 11.8 Å². The molecule has 0 radical (unpaired) electrons. The Morgan fingerprint density at radius 2 is 2.14 bits per heavy atom. The highest BCUT2D eigenvalue weighted by Gasteiger charge is 2.52. The van der Waals surface area contributed by atoms with Crippen LogP contribution in [0.15, 0.2) is 0 Å². The number of hydrogen-bond acceptors (Lipinski definition) is 5. The van der Waals surface area contributed by atoms with Gasteiger partial charge in [0.05, 0.1) is 12.7 Å². The van der Waals surface area contributed by atoms with Crippen molar-refractivity contribution in [1.29, 1.82) is 0 Å². The average Bonchev–Trinajstić information content (AvgIpc) is 3.24. The Morgan fingerprint density at radius 3 is 2.67 bits per heavy atom. The van der Waals surface area contributed by atoms with Crippen molar-refractivity contribution in [2.75, 3.05) is 25.5 Å². The first-order chi connectivity index (χ1) is 10.1. The zero-order valence-electron chi connectivity index (χ0n) is 13.5. The van der Waals surface area contributed by atoms with Gasteiger partial charge in [-0.1, -0.05) is 6.92 Å². The van der Waals surface area contributed by atoms with Crippen LogP contribution in [0.1, 0.15) is 46.5 Å². The zero-order valence-corrected chi connectivity index (χ0v) is 14.3. The summed E-state index contributed by atoms with van der Waals surface area (Å²) in [6.45, 7) is 8.32. The molecule has 1 N–H and O–H groups in total. The fourth-order valence-corrected chi connectivity index (χ4v) is 4.51. The SMILES string of the molecule is CCCNC(CSC1CCOC1C)(C(=O)OCC)C1CC1. The fourth-order valence-electron chi connectivity index (χ4n) is 2.96. The minimum Gasteiger partial charge on any atom is -0.465 e. The monoisotopic (exact) mass is 315 g/mol. The van der Waals surface area contributed by atoms with E-state index in [1.165, 1.54) is 0 Å². The van der Waals surface area contributed by atoms with E-state index < -0.39 is 5.54 Å². The third-order valence-corrected chi connectivity index (χ3v) is 6.11. The predicted octanol–water partition coefficient (Wildman–Crippen LogP) is 2.61. The molecule has 1 aliphatic heterocycles. The van der Waals surface area contributed by atoms with Crippen LogP contribution in [-0.4, -0.2) is 48.4 Å². The van der Waals surface area contributed by atoms with Crippen molar-refractivity contribution in [3.8, 4) is 0 Å². The Labute approximate surface area is 132 Å². The van der Waals surface area contributed by atoms with Gasteiger partial charge >= 0.3 is 5.97 Å². The summed E-state index contributed by atoms with van der Waals surface area (Å²) >= 11 is 1.88. The van der Waals surface area contributed by atoms with Crippen molar-refractivity contribution in [3.63, 3.8) is 0 Å². The van der Waals surface area contributed by atoms with Gasteiger partial charge in [-0.05, 0) is 52.0 Å². The van der Waals surface area contributed by atoms with E-state index in [0.29, 0.717) is 23.9 Å². The maximum atomic E-state index is 12.6. The molecule has 0 aromatic carbocycles. The molecule has 21 heavy (non-hydrogen) atoms. The second-order valence-electron chi connectivity index (χ2n) is 6.11. The van der Waals surface area contributed by atoms with Crippen LogP contribution in [0.25, 0.3) is 0 Å². The van der Waals surface area contributed by atoms with Crippen molar-refractivity contribution < 1.29 is 14.3 Å². The van der Waals surface area contributed by atoms with Crippen LogP contribution in [0, 0.1) is 5.92 Å². The van der Waals surface area contributed by atoms with E-state index in [1.807, 2.05) is 18.7 Å². The third kappa shape index (κ3) is 4.14. The lowest BCUT2D eigenvalue weighted by atomic mass is 9.95. The molecule has 1 heterocycles. The Morgan fingerprint density at radius 1 is 1.38 bits per heavy atom. The number of nitrogens with one attached hydrogen (secondary N) is 1. The van der Waals surface area contributed by atoms with E-state index in [4.69, 9.17) is 9.47 Å². The summed E-state index contributed by atoms with van der Waals surface area (Å²) in [5.74, 6) is 1.18. The second kappa shape index (κ2) is 7.84. The van der Waals surface area contributed by atoms with Crippen molar-refractivity contribution >= 4 is 17.7 Å². The van der Waals surface area contributed by atoms with Gasteiger partial charge in [-0.15, -0.1) is 0 Å². The smallest absolute Gasteiger partial charge is 0.327 e. The van der Waals surface area contributed by atoms with Gasteiger partial charge in [0.15, 0.2) is 0 Å². The zero-order chi connectivity index (χ0) is 15.3. The van der Waals surface area contributed by atoms with Crippen molar-refractivity contribution in [2.45, 2.75) is 63.3 Å². The molecule has 2 rings (SSSR count). The van der Waals surface area contributed by atoms with Crippen LogP contribution in [0.5, 0.6) is 0 Å². The molecule has 0 aromatic heterocycles. The molecule has 0 bridgehead atoms. The number of rotatable bonds is 9. The van der Waals surface area contributed by atoms with Crippen LogP contribution < -0.4 is 5.32 Å². The van der Waals surface area contributed by atoms with E-state index in [0.717, 1.165) is 44.6 Å². The normalized spacial score (nSPS) is 28.3. The number of esters is 1. The number of ether oxygens (including phenoxy) is 2. The molecular formula is C16H29NO3S. The van der Waals surface area contributed by atoms with Crippen molar-refractivity contribution in [3.05, 3.63) is 0 Å². The second-order valence-corrected chi connectivity index (χ2v) is 7.33. The van der Waals surface area contributed by atoms with E-state index in [9.17, 15) is 4.79 Å². The molecule has 122 valence electrons. The first kappa shape index (κ1) is 17.1. The van der Waals surface area contributed by atoms with Crippen molar-refractivity contribution in [1.82, 2.24) is 5.32 Å². The quantitative estimate of drug-likeness (QED) is 0.663. The van der Waals surface area contributed by atoms with Gasteiger partial charge < -0.3 is 14.8 Å². The molecule has 4 nitrogen and oxygen atoms in total. The third-order valence-electron chi connectivity index (χ3n) is 4.44. The lowest BCUT2D eigenvalue weighted by Gasteiger charge is -2.33. The molecule has 5 heteroatoms. The topological polar surface area (TPSA) is 47.6 Å². The maximum absolute atomic E-state index is 12.6. The van der Waals surface area contributed by atoms with Gasteiger partial charge in [-0.3, -0.25) is 4.79 Å². The molecule has 1 aliphatic carbocycles. The molecule has 2 fully saturated rings. The number of carbonyl (C=O) groups is 1. The van der Waals surface area contributed by atoms with E-state index in [1.54, 1.807) is 0 Å². The molecular weight excluding hydrogens is 286 g/mol. The highest BCUT2D eigenvalue weighted by molar-refractivity contribution is 8.00. The standard InChI is InChI=1S/C16H29NO3S/c1-4-9-17-16(13-6-7-13,15(18)19-5-2)11-21-14-8-10-20-12(14)3/h12-14,17H,4-11H2,1-3H3. The van der Waals surface area contributed by atoms with Crippen LogP contribution in [0.4, 0.5) is 0 Å². The lowest BCUT2D eigenvalue weighted by molar-refractivity contribution is -0.151. The Kier molecular flexibility index (Phi) is 6.38. The van der Waals surface area contributed by atoms with Crippen LogP contribution in [0.3, 0.4) is 0 Å². The minimum absolute atomic E-state index is 0.0555. The molecule has 1 saturated heterocycles.